The van der Waals surface area contributed by atoms with E-state index in [0.29, 0.717) is 6.61 Å². The number of fused-ring (bicyclic) bond motifs is 1. The van der Waals surface area contributed by atoms with Gasteiger partial charge in [0, 0.05) is 13.3 Å². The normalized spacial score (nSPS) is 11.0. The Morgan fingerprint density at radius 1 is 1.33 bits per heavy atom. The van der Waals surface area contributed by atoms with E-state index in [1.54, 1.807) is 31.8 Å². The van der Waals surface area contributed by atoms with Crippen LogP contribution in [0.2, 0.25) is 0 Å². The Labute approximate surface area is 126 Å². The van der Waals surface area contributed by atoms with Gasteiger partial charge in [-0.15, -0.1) is 0 Å². The molecule has 2 heterocycles. The third-order valence-electron chi connectivity index (χ3n) is 3.00. The summed E-state index contributed by atoms with van der Waals surface area (Å²) in [6.07, 6.45) is 3.72. The van der Waals surface area contributed by atoms with Gasteiger partial charge in [0.25, 0.3) is 0 Å². The Morgan fingerprint density at radius 2 is 2.24 bits per heavy atom. The molecule has 3 aromatic rings. The number of methoxy groups -OCH3 is 2. The maximum atomic E-state index is 5.22. The number of nitrogens with zero attached hydrogens (tertiary/aromatic N) is 3. The van der Waals surface area contributed by atoms with E-state index >= 15 is 0 Å². The third-order valence-corrected chi connectivity index (χ3v) is 3.94. The lowest BCUT2D eigenvalue weighted by atomic mass is 10.3. The third kappa shape index (κ3) is 3.14. The highest BCUT2D eigenvalue weighted by molar-refractivity contribution is 7.22. The largest absolute Gasteiger partial charge is 0.497 e. The smallest absolute Gasteiger partial charge is 0.188 e. The summed E-state index contributed by atoms with van der Waals surface area (Å²) in [4.78, 5) is 4.54. The highest BCUT2D eigenvalue weighted by atomic mass is 32.1. The molecule has 0 bridgehead atoms. The molecule has 110 valence electrons. The molecule has 0 aliphatic carbocycles. The number of rotatable bonds is 6. The Bertz CT molecular complexity index is 737. The van der Waals surface area contributed by atoms with Crippen LogP contribution in [-0.4, -0.2) is 35.6 Å². The van der Waals surface area contributed by atoms with Gasteiger partial charge in [-0.1, -0.05) is 11.3 Å². The van der Waals surface area contributed by atoms with Crippen LogP contribution in [0.25, 0.3) is 10.2 Å². The number of aromatic nitrogens is 3. The standard InChI is InChI=1S/C14H16N4O2S/c1-19-6-5-18-9-10(8-15-18)16-14-17-12-4-3-11(20-2)7-13(12)21-14/h3-4,7-9H,5-6H2,1-2H3,(H,16,17). The number of hydrogen-bond donors (Lipinski definition) is 1. The van der Waals surface area contributed by atoms with E-state index in [9.17, 15) is 0 Å². The molecule has 0 saturated heterocycles. The summed E-state index contributed by atoms with van der Waals surface area (Å²) in [5.74, 6) is 0.838. The molecule has 0 radical (unpaired) electrons. The second-order valence-electron chi connectivity index (χ2n) is 4.46. The predicted molar refractivity (Wildman–Crippen MR) is 83.6 cm³/mol. The molecule has 21 heavy (non-hydrogen) atoms. The molecule has 0 atom stereocenters. The minimum Gasteiger partial charge on any atom is -0.497 e. The average molecular weight is 304 g/mol. The van der Waals surface area contributed by atoms with Crippen molar-refractivity contribution in [1.29, 1.82) is 0 Å². The van der Waals surface area contributed by atoms with Crippen LogP contribution in [-0.2, 0) is 11.3 Å². The summed E-state index contributed by atoms with van der Waals surface area (Å²) in [6, 6.07) is 5.85. The van der Waals surface area contributed by atoms with Crippen molar-refractivity contribution in [2.24, 2.45) is 0 Å². The second-order valence-corrected chi connectivity index (χ2v) is 5.49. The van der Waals surface area contributed by atoms with Crippen molar-refractivity contribution < 1.29 is 9.47 Å². The molecular formula is C14H16N4O2S. The number of benzene rings is 1. The van der Waals surface area contributed by atoms with Gasteiger partial charge in [0.05, 0.1) is 42.4 Å². The first-order valence-electron chi connectivity index (χ1n) is 6.51. The van der Waals surface area contributed by atoms with E-state index in [4.69, 9.17) is 9.47 Å². The SMILES string of the molecule is COCCn1cc(Nc2nc3ccc(OC)cc3s2)cn1. The van der Waals surface area contributed by atoms with E-state index in [-0.39, 0.29) is 0 Å². The van der Waals surface area contributed by atoms with Crippen LogP contribution >= 0.6 is 11.3 Å². The van der Waals surface area contributed by atoms with Crippen molar-refractivity contribution in [3.63, 3.8) is 0 Å². The van der Waals surface area contributed by atoms with Crippen LogP contribution in [0.5, 0.6) is 5.75 Å². The van der Waals surface area contributed by atoms with Crippen LogP contribution in [0.1, 0.15) is 0 Å². The van der Waals surface area contributed by atoms with Gasteiger partial charge in [-0.3, -0.25) is 4.68 Å². The van der Waals surface area contributed by atoms with Gasteiger partial charge in [-0.05, 0) is 18.2 Å². The molecule has 0 fully saturated rings. The highest BCUT2D eigenvalue weighted by Gasteiger charge is 2.06. The Hall–Kier alpha value is -2.12. The lowest BCUT2D eigenvalue weighted by molar-refractivity contribution is 0.183. The molecule has 0 aliphatic rings. The molecule has 6 nitrogen and oxygen atoms in total. The first-order chi connectivity index (χ1) is 10.3. The van der Waals surface area contributed by atoms with E-state index in [0.717, 1.165) is 33.3 Å². The van der Waals surface area contributed by atoms with Crippen LogP contribution < -0.4 is 10.1 Å². The van der Waals surface area contributed by atoms with E-state index in [1.807, 2.05) is 29.1 Å². The average Bonchev–Trinajstić information content (AvgIpc) is 3.10. The molecule has 0 aliphatic heterocycles. The summed E-state index contributed by atoms with van der Waals surface area (Å²) in [5.41, 5.74) is 1.87. The molecule has 1 N–H and O–H groups in total. The maximum absolute atomic E-state index is 5.22. The van der Waals surface area contributed by atoms with E-state index in [1.165, 1.54) is 0 Å². The van der Waals surface area contributed by atoms with Gasteiger partial charge in [-0.2, -0.15) is 5.10 Å². The summed E-state index contributed by atoms with van der Waals surface area (Å²) >= 11 is 1.58. The molecule has 2 aromatic heterocycles. The lowest BCUT2D eigenvalue weighted by Crippen LogP contribution is -2.03. The zero-order chi connectivity index (χ0) is 14.7. The first-order valence-corrected chi connectivity index (χ1v) is 7.33. The van der Waals surface area contributed by atoms with Gasteiger partial charge in [-0.25, -0.2) is 4.98 Å². The molecule has 1 aromatic carbocycles. The number of anilines is 2. The number of thiazole rings is 1. The minimum absolute atomic E-state index is 0.641. The van der Waals surface area contributed by atoms with Gasteiger partial charge in [0.1, 0.15) is 5.75 Å². The Morgan fingerprint density at radius 3 is 3.05 bits per heavy atom. The summed E-state index contributed by atoms with van der Waals surface area (Å²) in [7, 11) is 3.34. The molecule has 0 saturated carbocycles. The second kappa shape index (κ2) is 6.11. The summed E-state index contributed by atoms with van der Waals surface area (Å²) in [6.45, 7) is 1.37. The van der Waals surface area contributed by atoms with Crippen molar-refractivity contribution in [1.82, 2.24) is 14.8 Å². The molecule has 7 heteroatoms. The maximum Gasteiger partial charge on any atom is 0.188 e. The van der Waals surface area contributed by atoms with Crippen LogP contribution in [0.3, 0.4) is 0 Å². The number of hydrogen-bond acceptors (Lipinski definition) is 6. The molecule has 0 spiro atoms. The Balaban J connectivity index is 1.76. The van der Waals surface area contributed by atoms with Crippen molar-refractivity contribution in [3.05, 3.63) is 30.6 Å². The van der Waals surface area contributed by atoms with Gasteiger partial charge in [0.15, 0.2) is 5.13 Å². The van der Waals surface area contributed by atoms with Gasteiger partial charge < -0.3 is 14.8 Å². The minimum atomic E-state index is 0.641. The first kappa shape index (κ1) is 13.8. The fraction of sp³-hybridized carbons (Fsp3) is 0.286. The zero-order valence-electron chi connectivity index (χ0n) is 11.9. The fourth-order valence-corrected chi connectivity index (χ4v) is 2.86. The highest BCUT2D eigenvalue weighted by Crippen LogP contribution is 2.30. The van der Waals surface area contributed by atoms with Crippen molar-refractivity contribution >= 4 is 32.4 Å². The quantitative estimate of drug-likeness (QED) is 0.758. The van der Waals surface area contributed by atoms with Crippen molar-refractivity contribution in [2.45, 2.75) is 6.54 Å². The van der Waals surface area contributed by atoms with E-state index in [2.05, 4.69) is 15.4 Å². The summed E-state index contributed by atoms with van der Waals surface area (Å²) in [5, 5.41) is 8.37. The van der Waals surface area contributed by atoms with Crippen LogP contribution in [0, 0.1) is 0 Å². The van der Waals surface area contributed by atoms with E-state index < -0.39 is 0 Å². The van der Waals surface area contributed by atoms with Gasteiger partial charge >= 0.3 is 0 Å². The number of ether oxygens (including phenoxy) is 2. The zero-order valence-corrected chi connectivity index (χ0v) is 12.7. The van der Waals surface area contributed by atoms with Crippen LogP contribution in [0.4, 0.5) is 10.8 Å². The van der Waals surface area contributed by atoms with Crippen LogP contribution in [0.15, 0.2) is 30.6 Å². The Kier molecular flexibility index (Phi) is 4.03. The number of nitrogens with one attached hydrogen (secondary N) is 1. The predicted octanol–water partition coefficient (Wildman–Crippen LogP) is 2.89. The fourth-order valence-electron chi connectivity index (χ4n) is 1.94. The molecular weight excluding hydrogens is 288 g/mol. The summed E-state index contributed by atoms with van der Waals surface area (Å²) < 4.78 is 13.2. The molecule has 0 amide bonds. The van der Waals surface area contributed by atoms with Crippen molar-refractivity contribution in [2.75, 3.05) is 26.1 Å². The molecule has 3 rings (SSSR count). The lowest BCUT2D eigenvalue weighted by Gasteiger charge is -1.99. The topological polar surface area (TPSA) is 61.2 Å². The monoisotopic (exact) mass is 304 g/mol. The molecule has 0 unspecified atom stereocenters. The van der Waals surface area contributed by atoms with Crippen molar-refractivity contribution in [3.8, 4) is 5.75 Å². The van der Waals surface area contributed by atoms with Gasteiger partial charge in [0.2, 0.25) is 0 Å².